The van der Waals surface area contributed by atoms with E-state index in [1.807, 2.05) is 12.1 Å². The highest BCUT2D eigenvalue weighted by atomic mass is 32.2. The second-order valence-corrected chi connectivity index (χ2v) is 9.14. The fourth-order valence-corrected chi connectivity index (χ4v) is 4.89. The molecule has 2 aliphatic rings. The van der Waals surface area contributed by atoms with Gasteiger partial charge in [0.05, 0.1) is 19.4 Å². The largest absolute Gasteiger partial charge is 0.497 e. The normalized spacial score (nSPS) is 15.6. The van der Waals surface area contributed by atoms with Gasteiger partial charge in [-0.05, 0) is 42.0 Å². The van der Waals surface area contributed by atoms with Crippen molar-refractivity contribution in [3.05, 3.63) is 59.5 Å². The molecule has 9 heteroatoms. The van der Waals surface area contributed by atoms with Crippen LogP contribution in [-0.2, 0) is 10.0 Å². The number of nitrogens with one attached hydrogen (secondary N) is 1. The van der Waals surface area contributed by atoms with Gasteiger partial charge < -0.3 is 14.4 Å². The highest BCUT2D eigenvalue weighted by Gasteiger charge is 2.26. The van der Waals surface area contributed by atoms with E-state index in [4.69, 9.17) is 9.47 Å². The molecule has 0 aromatic heterocycles. The SMILES string of the molecule is COc1ccc(OCCS(=O)(=O)Nc2ccc(C3=CSC4=NCCN34)cc2)cc1. The molecule has 1 N–H and O–H groups in total. The molecule has 4 rings (SSSR count). The van der Waals surface area contributed by atoms with Gasteiger partial charge >= 0.3 is 0 Å². The Morgan fingerprint density at radius 3 is 2.55 bits per heavy atom. The number of hydrogen-bond donors (Lipinski definition) is 1. The number of anilines is 1. The Bertz CT molecular complexity index is 1030. The van der Waals surface area contributed by atoms with Gasteiger partial charge in [-0.1, -0.05) is 23.9 Å². The molecule has 2 aliphatic heterocycles. The van der Waals surface area contributed by atoms with E-state index in [-0.39, 0.29) is 12.4 Å². The van der Waals surface area contributed by atoms with Crippen LogP contribution in [0.4, 0.5) is 5.69 Å². The third kappa shape index (κ3) is 4.68. The van der Waals surface area contributed by atoms with Crippen molar-refractivity contribution >= 4 is 38.3 Å². The van der Waals surface area contributed by atoms with Gasteiger partial charge in [-0.3, -0.25) is 9.71 Å². The number of benzene rings is 2. The average molecular weight is 432 g/mol. The predicted octanol–water partition coefficient (Wildman–Crippen LogP) is 3.23. The van der Waals surface area contributed by atoms with Crippen molar-refractivity contribution in [1.29, 1.82) is 0 Å². The molecular weight excluding hydrogens is 410 g/mol. The maximum absolute atomic E-state index is 12.3. The van der Waals surface area contributed by atoms with E-state index in [0.29, 0.717) is 11.4 Å². The summed E-state index contributed by atoms with van der Waals surface area (Å²) in [4.78, 5) is 6.62. The van der Waals surface area contributed by atoms with E-state index in [9.17, 15) is 8.42 Å². The van der Waals surface area contributed by atoms with Crippen molar-refractivity contribution in [3.63, 3.8) is 0 Å². The fraction of sp³-hybridized carbons (Fsp3) is 0.250. The molecule has 0 unspecified atom stereocenters. The van der Waals surface area contributed by atoms with E-state index >= 15 is 0 Å². The Balaban J connectivity index is 1.31. The summed E-state index contributed by atoms with van der Waals surface area (Å²) in [5.74, 6) is 1.17. The predicted molar refractivity (Wildman–Crippen MR) is 117 cm³/mol. The van der Waals surface area contributed by atoms with Gasteiger partial charge in [0.25, 0.3) is 0 Å². The van der Waals surface area contributed by atoms with E-state index in [0.717, 1.165) is 35.3 Å². The third-order valence-corrected chi connectivity index (χ3v) is 6.65. The zero-order valence-electron chi connectivity index (χ0n) is 15.9. The summed E-state index contributed by atoms with van der Waals surface area (Å²) in [5.41, 5.74) is 2.67. The summed E-state index contributed by atoms with van der Waals surface area (Å²) in [5, 5.41) is 3.11. The van der Waals surface area contributed by atoms with Crippen molar-refractivity contribution in [2.45, 2.75) is 0 Å². The molecule has 0 spiro atoms. The van der Waals surface area contributed by atoms with E-state index in [1.165, 1.54) is 0 Å². The van der Waals surface area contributed by atoms with Crippen molar-refractivity contribution in [2.24, 2.45) is 4.99 Å². The lowest BCUT2D eigenvalue weighted by Crippen LogP contribution is -2.21. The number of rotatable bonds is 8. The topological polar surface area (TPSA) is 80.2 Å². The number of nitrogens with zero attached hydrogens (tertiary/aromatic N) is 2. The second kappa shape index (κ2) is 8.38. The monoisotopic (exact) mass is 431 g/mol. The van der Waals surface area contributed by atoms with Crippen molar-refractivity contribution in [3.8, 4) is 11.5 Å². The number of amidine groups is 1. The van der Waals surface area contributed by atoms with Crippen LogP contribution in [0.15, 0.2) is 58.9 Å². The fourth-order valence-electron chi connectivity index (χ4n) is 3.03. The highest BCUT2D eigenvalue weighted by Crippen LogP contribution is 2.35. The average Bonchev–Trinajstić information content (AvgIpc) is 3.33. The van der Waals surface area contributed by atoms with Crippen LogP contribution in [0.1, 0.15) is 5.56 Å². The maximum Gasteiger partial charge on any atom is 0.236 e. The molecule has 0 amide bonds. The van der Waals surface area contributed by atoms with Gasteiger partial charge in [0, 0.05) is 17.6 Å². The number of aliphatic imine (C=N–C) groups is 1. The minimum absolute atomic E-state index is 0.0565. The first-order valence-electron chi connectivity index (χ1n) is 9.11. The van der Waals surface area contributed by atoms with Crippen molar-refractivity contribution in [1.82, 2.24) is 4.90 Å². The van der Waals surface area contributed by atoms with Gasteiger partial charge in [-0.25, -0.2) is 8.42 Å². The van der Waals surface area contributed by atoms with Crippen LogP contribution in [0.5, 0.6) is 11.5 Å². The number of thioether (sulfide) groups is 1. The summed E-state index contributed by atoms with van der Waals surface area (Å²) in [6.45, 7) is 1.76. The van der Waals surface area contributed by atoms with Crippen LogP contribution in [-0.4, -0.2) is 51.0 Å². The minimum atomic E-state index is -3.51. The van der Waals surface area contributed by atoms with Gasteiger partial charge in [0.1, 0.15) is 23.9 Å². The molecule has 2 aromatic carbocycles. The van der Waals surface area contributed by atoms with Gasteiger partial charge in [-0.15, -0.1) is 0 Å². The second-order valence-electron chi connectivity index (χ2n) is 6.46. The summed E-state index contributed by atoms with van der Waals surface area (Å²) in [7, 11) is -1.93. The Hall–Kier alpha value is -2.65. The highest BCUT2D eigenvalue weighted by molar-refractivity contribution is 8.16. The van der Waals surface area contributed by atoms with Crippen LogP contribution < -0.4 is 14.2 Å². The zero-order valence-corrected chi connectivity index (χ0v) is 17.5. The van der Waals surface area contributed by atoms with Crippen molar-refractivity contribution < 1.29 is 17.9 Å². The molecule has 0 saturated heterocycles. The lowest BCUT2D eigenvalue weighted by atomic mass is 10.1. The molecule has 152 valence electrons. The first kappa shape index (κ1) is 19.7. The number of ether oxygens (including phenoxy) is 2. The number of hydrogen-bond acceptors (Lipinski definition) is 7. The molecule has 0 atom stereocenters. The molecule has 0 radical (unpaired) electrons. The lowest BCUT2D eigenvalue weighted by Gasteiger charge is -2.17. The van der Waals surface area contributed by atoms with Gasteiger partial charge in [0.2, 0.25) is 10.0 Å². The van der Waals surface area contributed by atoms with Crippen LogP contribution in [0, 0.1) is 0 Å². The van der Waals surface area contributed by atoms with E-state index in [1.54, 1.807) is 55.3 Å². The standard InChI is InChI=1S/C20H21N3O4S2/c1-26-17-6-8-18(9-7-17)27-12-13-29(24,25)22-16-4-2-15(3-5-16)19-14-28-20-21-10-11-23(19)20/h2-9,14,22H,10-13H2,1H3. The number of fused-ring (bicyclic) bond motifs is 1. The van der Waals surface area contributed by atoms with E-state index < -0.39 is 10.0 Å². The van der Waals surface area contributed by atoms with Gasteiger partial charge in [0.15, 0.2) is 5.17 Å². The Labute approximate surface area is 174 Å². The molecule has 0 fully saturated rings. The van der Waals surface area contributed by atoms with Crippen LogP contribution in [0.25, 0.3) is 5.70 Å². The Morgan fingerprint density at radius 2 is 1.83 bits per heavy atom. The number of sulfonamides is 1. The zero-order chi connectivity index (χ0) is 20.3. The quantitative estimate of drug-likeness (QED) is 0.691. The summed E-state index contributed by atoms with van der Waals surface area (Å²) >= 11 is 1.62. The van der Waals surface area contributed by atoms with Crippen LogP contribution >= 0.6 is 11.8 Å². The molecule has 0 bridgehead atoms. The van der Waals surface area contributed by atoms with Crippen molar-refractivity contribution in [2.75, 3.05) is 37.3 Å². The Kier molecular flexibility index (Phi) is 5.68. The molecule has 29 heavy (non-hydrogen) atoms. The maximum atomic E-state index is 12.3. The minimum Gasteiger partial charge on any atom is -0.497 e. The first-order valence-corrected chi connectivity index (χ1v) is 11.6. The molecule has 2 aromatic rings. The molecule has 2 heterocycles. The molecule has 0 aliphatic carbocycles. The summed E-state index contributed by atoms with van der Waals surface area (Å²) < 4.78 is 37.8. The Morgan fingerprint density at radius 1 is 1.10 bits per heavy atom. The third-order valence-electron chi connectivity index (χ3n) is 4.50. The first-order chi connectivity index (χ1) is 14.0. The van der Waals surface area contributed by atoms with Gasteiger partial charge in [-0.2, -0.15) is 0 Å². The summed E-state index contributed by atoms with van der Waals surface area (Å²) in [6.07, 6.45) is 0. The summed E-state index contributed by atoms with van der Waals surface area (Å²) in [6, 6.07) is 14.4. The van der Waals surface area contributed by atoms with Crippen LogP contribution in [0.3, 0.4) is 0 Å². The van der Waals surface area contributed by atoms with Crippen LogP contribution in [0.2, 0.25) is 0 Å². The van der Waals surface area contributed by atoms with E-state index in [2.05, 4.69) is 20.0 Å². The molecule has 7 nitrogen and oxygen atoms in total. The molecule has 0 saturated carbocycles. The number of methoxy groups -OCH3 is 1. The smallest absolute Gasteiger partial charge is 0.236 e. The lowest BCUT2D eigenvalue weighted by molar-refractivity contribution is 0.340. The molecular formula is C20H21N3O4S2.